The number of anilines is 1. The van der Waals surface area contributed by atoms with Crippen LogP contribution in [0.25, 0.3) is 0 Å². The maximum absolute atomic E-state index is 5.17. The second kappa shape index (κ2) is 5.65. The van der Waals surface area contributed by atoms with Crippen molar-refractivity contribution in [3.05, 3.63) is 18.2 Å². The van der Waals surface area contributed by atoms with Gasteiger partial charge in [-0.05, 0) is 12.1 Å². The summed E-state index contributed by atoms with van der Waals surface area (Å²) < 4.78 is 10.3. The summed E-state index contributed by atoms with van der Waals surface area (Å²) in [6.07, 6.45) is 0. The van der Waals surface area contributed by atoms with Gasteiger partial charge in [0, 0.05) is 24.1 Å². The molecule has 0 aromatic heterocycles. The maximum atomic E-state index is 5.17. The summed E-state index contributed by atoms with van der Waals surface area (Å²) in [5, 5.41) is 3.21. The molecule has 0 unspecified atom stereocenters. The van der Waals surface area contributed by atoms with Gasteiger partial charge in [0.2, 0.25) is 0 Å². The van der Waals surface area contributed by atoms with Crippen molar-refractivity contribution < 1.29 is 9.47 Å². The van der Waals surface area contributed by atoms with E-state index in [9.17, 15) is 0 Å². The molecule has 1 aromatic carbocycles. The molecule has 0 saturated carbocycles. The predicted molar refractivity (Wildman–Crippen MR) is 61.9 cm³/mol. The summed E-state index contributed by atoms with van der Waals surface area (Å²) in [6.45, 7) is 0.832. The number of thiol groups is 1. The van der Waals surface area contributed by atoms with E-state index in [4.69, 9.17) is 9.47 Å². The Hall–Kier alpha value is -1.03. The molecule has 0 saturated heterocycles. The van der Waals surface area contributed by atoms with Gasteiger partial charge in [0.15, 0.2) is 11.5 Å². The van der Waals surface area contributed by atoms with E-state index < -0.39 is 0 Å². The van der Waals surface area contributed by atoms with Gasteiger partial charge in [-0.1, -0.05) is 0 Å². The minimum atomic E-state index is 0.733. The topological polar surface area (TPSA) is 30.5 Å². The van der Waals surface area contributed by atoms with E-state index in [-0.39, 0.29) is 0 Å². The standard InChI is InChI=1S/C10H15NO2S/c1-12-9-4-3-8(11-5-6-14)7-10(9)13-2/h3-4,7,11,14H,5-6H2,1-2H3. The Morgan fingerprint density at radius 1 is 1.21 bits per heavy atom. The Kier molecular flexibility index (Phi) is 4.46. The first-order chi connectivity index (χ1) is 6.81. The van der Waals surface area contributed by atoms with Gasteiger partial charge < -0.3 is 14.8 Å². The van der Waals surface area contributed by atoms with Crippen molar-refractivity contribution in [1.82, 2.24) is 0 Å². The molecule has 0 aliphatic carbocycles. The van der Waals surface area contributed by atoms with Crippen LogP contribution in [0.2, 0.25) is 0 Å². The van der Waals surface area contributed by atoms with Gasteiger partial charge in [-0.25, -0.2) is 0 Å². The summed E-state index contributed by atoms with van der Waals surface area (Å²) >= 11 is 4.12. The minimum Gasteiger partial charge on any atom is -0.493 e. The fourth-order valence-electron chi connectivity index (χ4n) is 1.15. The second-order valence-electron chi connectivity index (χ2n) is 2.72. The third-order valence-electron chi connectivity index (χ3n) is 1.82. The smallest absolute Gasteiger partial charge is 0.162 e. The van der Waals surface area contributed by atoms with Crippen LogP contribution in [-0.2, 0) is 0 Å². The molecule has 0 heterocycles. The molecule has 0 aliphatic rings. The largest absolute Gasteiger partial charge is 0.493 e. The van der Waals surface area contributed by atoms with Crippen molar-refractivity contribution in [2.75, 3.05) is 31.8 Å². The molecule has 0 atom stereocenters. The van der Waals surface area contributed by atoms with Gasteiger partial charge in [0.1, 0.15) is 0 Å². The molecule has 78 valence electrons. The maximum Gasteiger partial charge on any atom is 0.162 e. The normalized spacial score (nSPS) is 9.64. The number of benzene rings is 1. The third-order valence-corrected chi connectivity index (χ3v) is 2.05. The number of nitrogens with one attached hydrogen (secondary N) is 1. The molecule has 1 rings (SSSR count). The zero-order valence-corrected chi connectivity index (χ0v) is 9.30. The van der Waals surface area contributed by atoms with Crippen LogP contribution in [-0.4, -0.2) is 26.5 Å². The Bertz CT molecular complexity index is 291. The summed E-state index contributed by atoms with van der Waals surface area (Å²) in [6, 6.07) is 5.73. The molecule has 0 amide bonds. The molecule has 4 heteroatoms. The zero-order valence-electron chi connectivity index (χ0n) is 8.41. The fraction of sp³-hybridized carbons (Fsp3) is 0.400. The number of hydrogen-bond acceptors (Lipinski definition) is 4. The zero-order chi connectivity index (χ0) is 10.4. The van der Waals surface area contributed by atoms with Gasteiger partial charge in [0.05, 0.1) is 14.2 Å². The summed E-state index contributed by atoms with van der Waals surface area (Å²) in [7, 11) is 3.25. The Labute approximate surface area is 89.8 Å². The summed E-state index contributed by atoms with van der Waals surface area (Å²) in [5.41, 5.74) is 1.01. The highest BCUT2D eigenvalue weighted by Crippen LogP contribution is 2.29. The van der Waals surface area contributed by atoms with E-state index in [1.54, 1.807) is 14.2 Å². The Morgan fingerprint density at radius 3 is 2.50 bits per heavy atom. The lowest BCUT2D eigenvalue weighted by atomic mass is 10.2. The lowest BCUT2D eigenvalue weighted by molar-refractivity contribution is 0.355. The predicted octanol–water partition coefficient (Wildman–Crippen LogP) is 2.05. The molecule has 0 aliphatic heterocycles. The quantitative estimate of drug-likeness (QED) is 0.734. The number of hydrogen-bond donors (Lipinski definition) is 2. The van der Waals surface area contributed by atoms with Crippen molar-refractivity contribution in [1.29, 1.82) is 0 Å². The monoisotopic (exact) mass is 213 g/mol. The van der Waals surface area contributed by atoms with Crippen LogP contribution in [0.1, 0.15) is 0 Å². The second-order valence-corrected chi connectivity index (χ2v) is 3.17. The fourth-order valence-corrected chi connectivity index (χ4v) is 1.26. The van der Waals surface area contributed by atoms with Crippen molar-refractivity contribution in [2.24, 2.45) is 0 Å². The average Bonchev–Trinajstić information content (AvgIpc) is 2.25. The Balaban J connectivity index is 2.79. The van der Waals surface area contributed by atoms with Crippen LogP contribution in [0, 0.1) is 0 Å². The first-order valence-electron chi connectivity index (χ1n) is 4.38. The summed E-state index contributed by atoms with van der Waals surface area (Å²) in [5.74, 6) is 2.27. The van der Waals surface area contributed by atoms with Gasteiger partial charge in [0.25, 0.3) is 0 Å². The van der Waals surface area contributed by atoms with E-state index in [1.807, 2.05) is 18.2 Å². The molecular formula is C10H15NO2S. The SMILES string of the molecule is COc1ccc(NCCS)cc1OC. The van der Waals surface area contributed by atoms with E-state index in [0.717, 1.165) is 29.5 Å². The highest BCUT2D eigenvalue weighted by Gasteiger charge is 2.03. The van der Waals surface area contributed by atoms with Crippen LogP contribution in [0.5, 0.6) is 11.5 Å². The third kappa shape index (κ3) is 2.73. The van der Waals surface area contributed by atoms with E-state index in [2.05, 4.69) is 17.9 Å². The molecule has 1 N–H and O–H groups in total. The van der Waals surface area contributed by atoms with Crippen molar-refractivity contribution in [3.8, 4) is 11.5 Å². The molecule has 0 radical (unpaired) electrons. The molecule has 0 bridgehead atoms. The molecule has 3 nitrogen and oxygen atoms in total. The molecule has 0 spiro atoms. The van der Waals surface area contributed by atoms with Crippen LogP contribution in [0.15, 0.2) is 18.2 Å². The van der Waals surface area contributed by atoms with Crippen LogP contribution in [0.4, 0.5) is 5.69 Å². The van der Waals surface area contributed by atoms with E-state index in [1.165, 1.54) is 0 Å². The van der Waals surface area contributed by atoms with Crippen molar-refractivity contribution in [3.63, 3.8) is 0 Å². The van der Waals surface area contributed by atoms with Crippen molar-refractivity contribution >= 4 is 18.3 Å². The van der Waals surface area contributed by atoms with Crippen LogP contribution in [0.3, 0.4) is 0 Å². The molecule has 14 heavy (non-hydrogen) atoms. The van der Waals surface area contributed by atoms with Crippen LogP contribution < -0.4 is 14.8 Å². The first-order valence-corrected chi connectivity index (χ1v) is 5.02. The molecule has 1 aromatic rings. The van der Waals surface area contributed by atoms with Crippen molar-refractivity contribution in [2.45, 2.75) is 0 Å². The molecule has 0 fully saturated rings. The first kappa shape index (κ1) is 11.0. The van der Waals surface area contributed by atoms with Crippen LogP contribution >= 0.6 is 12.6 Å². The lowest BCUT2D eigenvalue weighted by Gasteiger charge is -2.10. The van der Waals surface area contributed by atoms with Gasteiger partial charge in [-0.15, -0.1) is 0 Å². The highest BCUT2D eigenvalue weighted by molar-refractivity contribution is 7.80. The number of methoxy groups -OCH3 is 2. The average molecular weight is 213 g/mol. The lowest BCUT2D eigenvalue weighted by Crippen LogP contribution is -2.02. The molecular weight excluding hydrogens is 198 g/mol. The van der Waals surface area contributed by atoms with Gasteiger partial charge >= 0.3 is 0 Å². The van der Waals surface area contributed by atoms with Gasteiger partial charge in [-0.2, -0.15) is 12.6 Å². The Morgan fingerprint density at radius 2 is 1.93 bits per heavy atom. The summed E-state index contributed by atoms with van der Waals surface area (Å²) in [4.78, 5) is 0. The number of ether oxygens (including phenoxy) is 2. The highest BCUT2D eigenvalue weighted by atomic mass is 32.1. The number of rotatable bonds is 5. The minimum absolute atomic E-state index is 0.733. The van der Waals surface area contributed by atoms with E-state index >= 15 is 0 Å². The van der Waals surface area contributed by atoms with Gasteiger partial charge in [-0.3, -0.25) is 0 Å². The van der Waals surface area contributed by atoms with E-state index in [0.29, 0.717) is 0 Å².